The number of nitrogens with two attached hydrogens (primary N) is 1. The fourth-order valence-corrected chi connectivity index (χ4v) is 5.88. The number of benzene rings is 2. The van der Waals surface area contributed by atoms with Gasteiger partial charge in [0.2, 0.25) is 17.7 Å². The topological polar surface area (TPSA) is 122 Å². The Hall–Kier alpha value is -3.72. The molecule has 4 N–H and O–H groups in total. The molecule has 2 aliphatic heterocycles. The van der Waals surface area contributed by atoms with Crippen LogP contribution in [0, 0.1) is 18.8 Å². The van der Waals surface area contributed by atoms with Gasteiger partial charge in [-0.3, -0.25) is 19.1 Å². The number of amides is 3. The minimum Gasteiger partial charge on any atom is -0.369 e. The fourth-order valence-electron chi connectivity index (χ4n) is 5.88. The summed E-state index contributed by atoms with van der Waals surface area (Å²) in [4.78, 5) is 41.1. The number of carbonyl (C=O) groups is 3. The van der Waals surface area contributed by atoms with E-state index in [2.05, 4.69) is 46.9 Å². The molecule has 0 spiro atoms. The predicted molar refractivity (Wildman–Crippen MR) is 145 cm³/mol. The second-order valence-electron chi connectivity index (χ2n) is 10.8. The lowest BCUT2D eigenvalue weighted by Gasteiger charge is -2.34. The molecule has 2 unspecified atom stereocenters. The van der Waals surface area contributed by atoms with Crippen molar-refractivity contribution in [1.29, 1.82) is 0 Å². The van der Waals surface area contributed by atoms with E-state index in [0.29, 0.717) is 32.5 Å². The van der Waals surface area contributed by atoms with E-state index in [9.17, 15) is 14.4 Å². The molecule has 0 bridgehead atoms. The van der Waals surface area contributed by atoms with Crippen LogP contribution in [-0.4, -0.2) is 57.6 Å². The molecule has 9 heteroatoms. The van der Waals surface area contributed by atoms with Crippen LogP contribution < -0.4 is 16.4 Å². The molecule has 5 rings (SSSR count). The number of likely N-dealkylation sites (tertiary alicyclic amines) is 1. The average Bonchev–Trinajstić information content (AvgIpc) is 3.51. The Bertz CT molecular complexity index is 1330. The molecule has 200 valence electrons. The van der Waals surface area contributed by atoms with Crippen molar-refractivity contribution in [3.63, 3.8) is 0 Å². The quantitative estimate of drug-likeness (QED) is 0.442. The second kappa shape index (κ2) is 10.9. The molecule has 2 aromatic carbocycles. The third-order valence-corrected chi connectivity index (χ3v) is 7.99. The zero-order chi connectivity index (χ0) is 26.8. The summed E-state index contributed by atoms with van der Waals surface area (Å²) in [5.41, 5.74) is 10.0. The van der Waals surface area contributed by atoms with E-state index < -0.39 is 23.9 Å². The highest BCUT2D eigenvalue weighted by molar-refractivity contribution is 5.94. The smallest absolute Gasteiger partial charge is 0.243 e. The van der Waals surface area contributed by atoms with E-state index in [0.717, 1.165) is 29.3 Å². The maximum atomic E-state index is 13.8. The van der Waals surface area contributed by atoms with Gasteiger partial charge in [0.05, 0.1) is 23.7 Å². The van der Waals surface area contributed by atoms with Gasteiger partial charge in [-0.05, 0) is 68.3 Å². The molecule has 0 saturated carbocycles. The lowest BCUT2D eigenvalue weighted by atomic mass is 9.89. The second-order valence-corrected chi connectivity index (χ2v) is 10.8. The molecule has 3 aromatic rings. The summed E-state index contributed by atoms with van der Waals surface area (Å²) in [7, 11) is 1.90. The molecule has 0 radical (unpaired) electrons. The molecule has 2 fully saturated rings. The standard InChI is InChI=1S/C29H36N6O3/c1-18-5-7-19(8-6-18)12-21-14-25(35(17-21)29(38)26-23(27(30)36)4-3-11-31-26)28(37)32-15-20-9-10-24-22(13-20)16-33-34(24)2/h5-10,13,16,21,23,25-26,31H,3-4,11-12,14-15,17H2,1-2H3,(H2,30,36)(H,32,37)/t21-,23?,25+,26?/m1/s1. The molecule has 2 saturated heterocycles. The number of aryl methyl sites for hydroxylation is 2. The zero-order valence-corrected chi connectivity index (χ0v) is 22.0. The molecule has 38 heavy (non-hydrogen) atoms. The van der Waals surface area contributed by atoms with Crippen LogP contribution in [0.5, 0.6) is 0 Å². The number of rotatable bonds is 7. The first-order valence-corrected chi connectivity index (χ1v) is 13.4. The normalized spacial score (nSPS) is 23.5. The minimum atomic E-state index is -0.692. The number of piperidine rings is 1. The minimum absolute atomic E-state index is 0.139. The van der Waals surface area contributed by atoms with Crippen molar-refractivity contribution in [2.75, 3.05) is 13.1 Å². The molecular weight excluding hydrogens is 480 g/mol. The highest BCUT2D eigenvalue weighted by atomic mass is 16.2. The lowest BCUT2D eigenvalue weighted by Crippen LogP contribution is -2.58. The number of aromatic nitrogens is 2. The van der Waals surface area contributed by atoms with Gasteiger partial charge in [0.25, 0.3) is 0 Å². The van der Waals surface area contributed by atoms with Gasteiger partial charge in [-0.25, -0.2) is 0 Å². The van der Waals surface area contributed by atoms with Gasteiger partial charge in [-0.15, -0.1) is 0 Å². The number of primary amides is 1. The first-order chi connectivity index (χ1) is 18.3. The first kappa shape index (κ1) is 25.9. The number of carbonyl (C=O) groups excluding carboxylic acids is 3. The number of hydrogen-bond donors (Lipinski definition) is 3. The van der Waals surface area contributed by atoms with Crippen LogP contribution in [0.3, 0.4) is 0 Å². The van der Waals surface area contributed by atoms with Gasteiger partial charge in [0, 0.05) is 25.5 Å². The molecule has 3 heterocycles. The van der Waals surface area contributed by atoms with Crippen molar-refractivity contribution in [1.82, 2.24) is 25.3 Å². The number of nitrogens with one attached hydrogen (secondary N) is 2. The summed E-state index contributed by atoms with van der Waals surface area (Å²) in [6.07, 6.45) is 4.52. The Balaban J connectivity index is 1.33. The van der Waals surface area contributed by atoms with Crippen molar-refractivity contribution in [3.8, 4) is 0 Å². The van der Waals surface area contributed by atoms with E-state index in [1.807, 2.05) is 29.9 Å². The van der Waals surface area contributed by atoms with E-state index in [1.54, 1.807) is 11.1 Å². The maximum Gasteiger partial charge on any atom is 0.243 e. The van der Waals surface area contributed by atoms with Crippen molar-refractivity contribution in [3.05, 3.63) is 65.4 Å². The zero-order valence-electron chi connectivity index (χ0n) is 22.0. The molecule has 4 atom stereocenters. The Kier molecular flexibility index (Phi) is 7.46. The Morgan fingerprint density at radius 3 is 2.66 bits per heavy atom. The van der Waals surface area contributed by atoms with Gasteiger partial charge in [0.15, 0.2) is 0 Å². The molecular formula is C29H36N6O3. The molecule has 2 aliphatic rings. The third kappa shape index (κ3) is 5.43. The SMILES string of the molecule is Cc1ccc(C[C@@H]2C[C@@H](C(=O)NCc3ccc4c(cnn4C)c3)N(C(=O)C3NCCCC3C(N)=O)C2)cc1. The Morgan fingerprint density at radius 1 is 1.13 bits per heavy atom. The van der Waals surface area contributed by atoms with Crippen LogP contribution in [0.15, 0.2) is 48.7 Å². The van der Waals surface area contributed by atoms with E-state index in [1.165, 1.54) is 11.1 Å². The average molecular weight is 517 g/mol. The van der Waals surface area contributed by atoms with Crippen LogP contribution in [0.4, 0.5) is 0 Å². The van der Waals surface area contributed by atoms with E-state index in [4.69, 9.17) is 5.73 Å². The van der Waals surface area contributed by atoms with Gasteiger partial charge in [-0.1, -0.05) is 35.9 Å². The van der Waals surface area contributed by atoms with Crippen LogP contribution in [-0.2, 0) is 34.4 Å². The van der Waals surface area contributed by atoms with E-state index in [-0.39, 0.29) is 17.7 Å². The highest BCUT2D eigenvalue weighted by Crippen LogP contribution is 2.30. The monoisotopic (exact) mass is 516 g/mol. The van der Waals surface area contributed by atoms with E-state index >= 15 is 0 Å². The van der Waals surface area contributed by atoms with Crippen molar-refractivity contribution in [2.45, 2.75) is 51.2 Å². The Labute approximate surface area is 222 Å². The van der Waals surface area contributed by atoms with Gasteiger partial charge in [-0.2, -0.15) is 5.10 Å². The van der Waals surface area contributed by atoms with Crippen LogP contribution in [0.1, 0.15) is 36.0 Å². The summed E-state index contributed by atoms with van der Waals surface area (Å²) >= 11 is 0. The summed E-state index contributed by atoms with van der Waals surface area (Å²) in [6.45, 7) is 3.53. The van der Waals surface area contributed by atoms with Crippen molar-refractivity contribution < 1.29 is 14.4 Å². The van der Waals surface area contributed by atoms with Crippen molar-refractivity contribution >= 4 is 28.6 Å². The van der Waals surface area contributed by atoms with Gasteiger partial charge >= 0.3 is 0 Å². The van der Waals surface area contributed by atoms with Crippen LogP contribution in [0.2, 0.25) is 0 Å². The number of fused-ring (bicyclic) bond motifs is 1. The molecule has 3 amide bonds. The highest BCUT2D eigenvalue weighted by Gasteiger charge is 2.44. The first-order valence-electron chi connectivity index (χ1n) is 13.4. The maximum absolute atomic E-state index is 13.8. The van der Waals surface area contributed by atoms with Gasteiger partial charge in [0.1, 0.15) is 6.04 Å². The van der Waals surface area contributed by atoms with Crippen LogP contribution >= 0.6 is 0 Å². The summed E-state index contributed by atoms with van der Waals surface area (Å²) < 4.78 is 1.81. The predicted octanol–water partition coefficient (Wildman–Crippen LogP) is 1.81. The lowest BCUT2D eigenvalue weighted by molar-refractivity contribution is -0.143. The van der Waals surface area contributed by atoms with Gasteiger partial charge < -0.3 is 21.3 Å². The summed E-state index contributed by atoms with van der Waals surface area (Å²) in [5, 5.41) is 11.5. The molecule has 0 aliphatic carbocycles. The summed E-state index contributed by atoms with van der Waals surface area (Å²) in [5.74, 6) is -1.29. The summed E-state index contributed by atoms with van der Waals surface area (Å²) in [6, 6.07) is 13.1. The number of hydrogen-bond acceptors (Lipinski definition) is 5. The third-order valence-electron chi connectivity index (χ3n) is 7.99. The number of nitrogens with zero attached hydrogens (tertiary/aromatic N) is 3. The molecule has 9 nitrogen and oxygen atoms in total. The fraction of sp³-hybridized carbons (Fsp3) is 0.448. The van der Waals surface area contributed by atoms with Crippen molar-refractivity contribution in [2.24, 2.45) is 24.6 Å². The molecule has 1 aromatic heterocycles. The largest absolute Gasteiger partial charge is 0.369 e. The van der Waals surface area contributed by atoms with Crippen LogP contribution in [0.25, 0.3) is 10.9 Å². The Morgan fingerprint density at radius 2 is 1.89 bits per heavy atom.